The van der Waals surface area contributed by atoms with Crippen molar-refractivity contribution in [1.29, 1.82) is 0 Å². The summed E-state index contributed by atoms with van der Waals surface area (Å²) in [5, 5.41) is 3.99. The first kappa shape index (κ1) is 14.6. The van der Waals surface area contributed by atoms with Crippen molar-refractivity contribution < 1.29 is 13.7 Å². The molecular weight excluding hydrogens is 261 g/mol. The molecule has 20 heavy (non-hydrogen) atoms. The molecule has 2 N–H and O–H groups in total. The summed E-state index contributed by atoms with van der Waals surface area (Å²) in [5.74, 6) is 0.579. The van der Waals surface area contributed by atoms with Gasteiger partial charge in [0.25, 0.3) is 5.89 Å². The normalized spacial score (nSPS) is 13.4. The van der Waals surface area contributed by atoms with Crippen LogP contribution >= 0.6 is 0 Å². The SMILES string of the molecule is COC(CN)c1nc(C(C)(C)c2ccc(F)cc2)no1. The maximum Gasteiger partial charge on any atom is 0.257 e. The lowest BCUT2D eigenvalue weighted by Crippen LogP contribution is -2.21. The molecule has 1 aromatic carbocycles. The molecule has 0 aliphatic rings. The predicted octanol–water partition coefficient (Wildman–Crippen LogP) is 2.18. The molecule has 1 atom stereocenters. The molecule has 0 amide bonds. The number of benzene rings is 1. The van der Waals surface area contributed by atoms with Crippen molar-refractivity contribution in [1.82, 2.24) is 10.1 Å². The van der Waals surface area contributed by atoms with Crippen molar-refractivity contribution in [2.45, 2.75) is 25.4 Å². The highest BCUT2D eigenvalue weighted by Crippen LogP contribution is 2.30. The topological polar surface area (TPSA) is 74.2 Å². The van der Waals surface area contributed by atoms with Crippen molar-refractivity contribution >= 4 is 0 Å². The van der Waals surface area contributed by atoms with Crippen LogP contribution in [0.3, 0.4) is 0 Å². The number of rotatable bonds is 5. The van der Waals surface area contributed by atoms with E-state index in [4.69, 9.17) is 15.0 Å². The van der Waals surface area contributed by atoms with Gasteiger partial charge < -0.3 is 15.0 Å². The van der Waals surface area contributed by atoms with Gasteiger partial charge in [-0.2, -0.15) is 4.98 Å². The Balaban J connectivity index is 2.32. The van der Waals surface area contributed by atoms with Crippen LogP contribution in [0.4, 0.5) is 4.39 Å². The monoisotopic (exact) mass is 279 g/mol. The molecule has 1 unspecified atom stereocenters. The molecule has 0 saturated heterocycles. The van der Waals surface area contributed by atoms with Gasteiger partial charge >= 0.3 is 0 Å². The molecule has 0 aliphatic carbocycles. The molecule has 0 radical (unpaired) electrons. The Morgan fingerprint density at radius 2 is 2.00 bits per heavy atom. The van der Waals surface area contributed by atoms with Crippen molar-refractivity contribution in [3.63, 3.8) is 0 Å². The zero-order valence-electron chi connectivity index (χ0n) is 11.8. The highest BCUT2D eigenvalue weighted by atomic mass is 19.1. The van der Waals surface area contributed by atoms with Gasteiger partial charge in [-0.3, -0.25) is 0 Å². The summed E-state index contributed by atoms with van der Waals surface area (Å²) in [5.41, 5.74) is 5.97. The Bertz CT molecular complexity index is 562. The molecule has 2 rings (SSSR count). The standard InChI is InChI=1S/C14H18FN3O2/c1-14(2,9-4-6-10(15)7-5-9)13-17-12(20-18-13)11(8-16)19-3/h4-7,11H,8,16H2,1-3H3. The first-order valence-corrected chi connectivity index (χ1v) is 6.32. The van der Waals surface area contributed by atoms with Crippen LogP contribution in [0.25, 0.3) is 0 Å². The minimum Gasteiger partial charge on any atom is -0.370 e. The summed E-state index contributed by atoms with van der Waals surface area (Å²) >= 11 is 0. The van der Waals surface area contributed by atoms with E-state index in [1.807, 2.05) is 13.8 Å². The Hall–Kier alpha value is -1.79. The van der Waals surface area contributed by atoms with Crippen molar-refractivity contribution in [3.8, 4) is 0 Å². The highest BCUT2D eigenvalue weighted by Gasteiger charge is 2.30. The van der Waals surface area contributed by atoms with Gasteiger partial charge in [-0.05, 0) is 31.5 Å². The second kappa shape index (κ2) is 5.68. The van der Waals surface area contributed by atoms with Gasteiger partial charge in [0.1, 0.15) is 11.9 Å². The van der Waals surface area contributed by atoms with E-state index < -0.39 is 11.5 Å². The molecule has 2 aromatic rings. The van der Waals surface area contributed by atoms with Gasteiger partial charge in [0.15, 0.2) is 5.82 Å². The van der Waals surface area contributed by atoms with Crippen molar-refractivity contribution in [3.05, 3.63) is 47.4 Å². The average molecular weight is 279 g/mol. The fourth-order valence-corrected chi connectivity index (χ4v) is 1.91. The number of hydrogen-bond acceptors (Lipinski definition) is 5. The Labute approximate surface area is 116 Å². The van der Waals surface area contributed by atoms with Gasteiger partial charge in [0.2, 0.25) is 0 Å². The lowest BCUT2D eigenvalue weighted by atomic mass is 9.84. The molecule has 0 bridgehead atoms. The maximum atomic E-state index is 13.0. The maximum absolute atomic E-state index is 13.0. The van der Waals surface area contributed by atoms with Gasteiger partial charge in [0.05, 0.1) is 5.41 Å². The van der Waals surface area contributed by atoms with Crippen molar-refractivity contribution in [2.24, 2.45) is 5.73 Å². The van der Waals surface area contributed by atoms with Crippen LogP contribution in [0, 0.1) is 5.82 Å². The summed E-state index contributed by atoms with van der Waals surface area (Å²) in [6.07, 6.45) is -0.416. The van der Waals surface area contributed by atoms with Gasteiger partial charge in [-0.15, -0.1) is 0 Å². The molecule has 0 spiro atoms. The number of nitrogens with zero attached hydrogens (tertiary/aromatic N) is 2. The minimum absolute atomic E-state index is 0.259. The number of methoxy groups -OCH3 is 1. The Morgan fingerprint density at radius 1 is 1.35 bits per heavy atom. The largest absolute Gasteiger partial charge is 0.370 e. The number of hydrogen-bond donors (Lipinski definition) is 1. The lowest BCUT2D eigenvalue weighted by Gasteiger charge is -2.20. The van der Waals surface area contributed by atoms with Crippen LogP contribution in [-0.4, -0.2) is 23.8 Å². The van der Waals surface area contributed by atoms with Crippen molar-refractivity contribution in [2.75, 3.05) is 13.7 Å². The van der Waals surface area contributed by atoms with E-state index >= 15 is 0 Å². The van der Waals surface area contributed by atoms with Crippen LogP contribution in [-0.2, 0) is 10.2 Å². The molecule has 0 fully saturated rings. The molecule has 5 nitrogen and oxygen atoms in total. The third-order valence-electron chi connectivity index (χ3n) is 3.34. The molecule has 108 valence electrons. The Kier molecular flexibility index (Phi) is 4.15. The van der Waals surface area contributed by atoms with E-state index in [1.165, 1.54) is 19.2 Å². The number of halogens is 1. The highest BCUT2D eigenvalue weighted by molar-refractivity contribution is 5.30. The van der Waals surface area contributed by atoms with Crippen LogP contribution in [0.1, 0.15) is 37.2 Å². The van der Waals surface area contributed by atoms with Gasteiger partial charge in [-0.25, -0.2) is 4.39 Å². The summed E-state index contributed by atoms with van der Waals surface area (Å²) < 4.78 is 23.4. The summed E-state index contributed by atoms with van der Waals surface area (Å²) in [4.78, 5) is 4.35. The zero-order chi connectivity index (χ0) is 14.8. The van der Waals surface area contributed by atoms with E-state index in [0.717, 1.165) is 5.56 Å². The van der Waals surface area contributed by atoms with E-state index in [9.17, 15) is 4.39 Å². The molecule has 0 saturated carbocycles. The Morgan fingerprint density at radius 3 is 2.55 bits per heavy atom. The summed E-state index contributed by atoms with van der Waals surface area (Å²) in [7, 11) is 1.53. The van der Waals surface area contributed by atoms with E-state index in [0.29, 0.717) is 11.7 Å². The number of ether oxygens (including phenoxy) is 1. The van der Waals surface area contributed by atoms with E-state index in [1.54, 1.807) is 12.1 Å². The second-order valence-electron chi connectivity index (χ2n) is 5.05. The third-order valence-corrected chi connectivity index (χ3v) is 3.34. The fourth-order valence-electron chi connectivity index (χ4n) is 1.91. The number of nitrogens with two attached hydrogens (primary N) is 1. The average Bonchev–Trinajstić information content (AvgIpc) is 2.91. The molecule has 1 heterocycles. The van der Waals surface area contributed by atoms with Crippen LogP contribution in [0.2, 0.25) is 0 Å². The molecule has 1 aromatic heterocycles. The lowest BCUT2D eigenvalue weighted by molar-refractivity contribution is 0.0803. The predicted molar refractivity (Wildman–Crippen MR) is 71.6 cm³/mol. The zero-order valence-corrected chi connectivity index (χ0v) is 11.8. The summed E-state index contributed by atoms with van der Waals surface area (Å²) in [6, 6.07) is 6.25. The minimum atomic E-state index is -0.498. The smallest absolute Gasteiger partial charge is 0.257 e. The number of aromatic nitrogens is 2. The van der Waals surface area contributed by atoms with Gasteiger partial charge in [0, 0.05) is 13.7 Å². The van der Waals surface area contributed by atoms with E-state index in [2.05, 4.69) is 10.1 Å². The van der Waals surface area contributed by atoms with E-state index in [-0.39, 0.29) is 12.4 Å². The second-order valence-corrected chi connectivity index (χ2v) is 5.05. The fraction of sp³-hybridized carbons (Fsp3) is 0.429. The van der Waals surface area contributed by atoms with Gasteiger partial charge in [-0.1, -0.05) is 17.3 Å². The first-order chi connectivity index (χ1) is 9.48. The third kappa shape index (κ3) is 2.71. The molecule has 6 heteroatoms. The van der Waals surface area contributed by atoms with Crippen LogP contribution in [0.15, 0.2) is 28.8 Å². The quantitative estimate of drug-likeness (QED) is 0.908. The molecule has 0 aliphatic heterocycles. The summed E-state index contributed by atoms with van der Waals surface area (Å²) in [6.45, 7) is 4.15. The first-order valence-electron chi connectivity index (χ1n) is 6.32. The van der Waals surface area contributed by atoms with Crippen LogP contribution in [0.5, 0.6) is 0 Å². The molecular formula is C14H18FN3O2. The van der Waals surface area contributed by atoms with Crippen LogP contribution < -0.4 is 5.73 Å².